The summed E-state index contributed by atoms with van der Waals surface area (Å²) >= 11 is 0. The van der Waals surface area contributed by atoms with Crippen molar-refractivity contribution in [3.8, 4) is 5.75 Å². The monoisotopic (exact) mass is 253 g/mol. The molecule has 0 bridgehead atoms. The van der Waals surface area contributed by atoms with Gasteiger partial charge >= 0.3 is 0 Å². The van der Waals surface area contributed by atoms with E-state index in [1.165, 1.54) is 37.2 Å². The molecule has 96 valence electrons. The van der Waals surface area contributed by atoms with Crippen LogP contribution in [0.25, 0.3) is 0 Å². The van der Waals surface area contributed by atoms with Crippen LogP contribution in [-0.2, 0) is 10.9 Å². The molecule has 1 aromatic rings. The molecule has 0 fully saturated rings. The van der Waals surface area contributed by atoms with Gasteiger partial charge in [-0.25, -0.2) is 0 Å². The lowest BCUT2D eigenvalue weighted by Gasteiger charge is -2.09. The van der Waals surface area contributed by atoms with Crippen LogP contribution in [0.2, 0.25) is 0 Å². The number of hydrogen-bond acceptors (Lipinski definition) is 1. The standard InChI is InChI=1S/C15H25OS/c1-3-5-12-17(13-6-4-2)14-16-15-10-8-7-9-11-15/h7-11H,3-6,12-14H2,1-2H3/q+1. The third-order valence-electron chi connectivity index (χ3n) is 2.71. The predicted octanol–water partition coefficient (Wildman–Crippen LogP) is 4.24. The highest BCUT2D eigenvalue weighted by Gasteiger charge is 2.17. The minimum Gasteiger partial charge on any atom is -0.449 e. The van der Waals surface area contributed by atoms with Crippen LogP contribution in [-0.4, -0.2) is 17.4 Å². The van der Waals surface area contributed by atoms with Gasteiger partial charge in [0.05, 0.1) is 0 Å². The summed E-state index contributed by atoms with van der Waals surface area (Å²) in [7, 11) is 0.453. The van der Waals surface area contributed by atoms with Crippen LogP contribution in [0.3, 0.4) is 0 Å². The first kappa shape index (κ1) is 14.4. The van der Waals surface area contributed by atoms with Gasteiger partial charge in [0, 0.05) is 10.9 Å². The summed E-state index contributed by atoms with van der Waals surface area (Å²) in [5, 5.41) is 0. The fourth-order valence-corrected chi connectivity index (χ4v) is 3.72. The van der Waals surface area contributed by atoms with Gasteiger partial charge in [-0.1, -0.05) is 44.9 Å². The topological polar surface area (TPSA) is 9.23 Å². The van der Waals surface area contributed by atoms with Gasteiger partial charge < -0.3 is 4.74 Å². The average molecular weight is 253 g/mol. The maximum atomic E-state index is 5.87. The van der Waals surface area contributed by atoms with Gasteiger partial charge in [0.2, 0.25) is 5.94 Å². The highest BCUT2D eigenvalue weighted by atomic mass is 32.2. The van der Waals surface area contributed by atoms with E-state index in [-0.39, 0.29) is 0 Å². The third-order valence-corrected chi connectivity index (χ3v) is 4.89. The zero-order valence-electron chi connectivity index (χ0n) is 11.2. The van der Waals surface area contributed by atoms with Crippen LogP contribution in [0.5, 0.6) is 5.75 Å². The van der Waals surface area contributed by atoms with Crippen molar-refractivity contribution in [1.29, 1.82) is 0 Å². The summed E-state index contributed by atoms with van der Waals surface area (Å²) in [6.07, 6.45) is 5.26. The second kappa shape index (κ2) is 9.41. The quantitative estimate of drug-likeness (QED) is 0.598. The van der Waals surface area contributed by atoms with E-state index in [0.29, 0.717) is 10.9 Å². The van der Waals surface area contributed by atoms with E-state index in [9.17, 15) is 0 Å². The van der Waals surface area contributed by atoms with E-state index >= 15 is 0 Å². The third kappa shape index (κ3) is 6.62. The number of hydrogen-bond donors (Lipinski definition) is 0. The van der Waals surface area contributed by atoms with Gasteiger partial charge in [-0.15, -0.1) is 0 Å². The normalized spacial score (nSPS) is 10.8. The molecule has 0 N–H and O–H groups in total. The molecule has 1 aromatic carbocycles. The van der Waals surface area contributed by atoms with Crippen molar-refractivity contribution < 1.29 is 4.74 Å². The van der Waals surface area contributed by atoms with Crippen molar-refractivity contribution in [2.24, 2.45) is 0 Å². The van der Waals surface area contributed by atoms with Crippen molar-refractivity contribution in [1.82, 2.24) is 0 Å². The molecule has 0 atom stereocenters. The number of unbranched alkanes of at least 4 members (excludes halogenated alkanes) is 2. The molecular weight excluding hydrogens is 228 g/mol. The Morgan fingerprint density at radius 2 is 1.53 bits per heavy atom. The molecule has 0 radical (unpaired) electrons. The Labute approximate surface area is 109 Å². The van der Waals surface area contributed by atoms with E-state index in [4.69, 9.17) is 4.74 Å². The van der Waals surface area contributed by atoms with Crippen molar-refractivity contribution in [2.45, 2.75) is 39.5 Å². The molecule has 0 heterocycles. The highest BCUT2D eigenvalue weighted by Crippen LogP contribution is 2.12. The van der Waals surface area contributed by atoms with Crippen LogP contribution in [0, 0.1) is 0 Å². The second-order valence-corrected chi connectivity index (χ2v) is 6.58. The van der Waals surface area contributed by atoms with E-state index in [1.807, 2.05) is 30.3 Å². The van der Waals surface area contributed by atoms with E-state index < -0.39 is 0 Å². The molecule has 0 saturated heterocycles. The van der Waals surface area contributed by atoms with Crippen molar-refractivity contribution in [2.75, 3.05) is 17.4 Å². The van der Waals surface area contributed by atoms with Crippen molar-refractivity contribution in [3.63, 3.8) is 0 Å². The maximum absolute atomic E-state index is 5.87. The molecule has 17 heavy (non-hydrogen) atoms. The summed E-state index contributed by atoms with van der Waals surface area (Å²) in [5.41, 5.74) is 0. The second-order valence-electron chi connectivity index (χ2n) is 4.30. The molecule has 0 saturated carbocycles. The van der Waals surface area contributed by atoms with Gasteiger partial charge in [0.15, 0.2) is 0 Å². The van der Waals surface area contributed by atoms with Crippen molar-refractivity contribution in [3.05, 3.63) is 30.3 Å². The first-order chi connectivity index (χ1) is 8.36. The number of benzene rings is 1. The maximum Gasteiger partial charge on any atom is 0.247 e. The zero-order chi connectivity index (χ0) is 12.3. The molecular formula is C15H25OS+. The average Bonchev–Trinajstić information content (AvgIpc) is 2.39. The molecule has 0 aliphatic carbocycles. The van der Waals surface area contributed by atoms with E-state index in [0.717, 1.165) is 11.7 Å². The molecule has 0 aromatic heterocycles. The summed E-state index contributed by atoms with van der Waals surface area (Å²) in [6, 6.07) is 10.2. The summed E-state index contributed by atoms with van der Waals surface area (Å²) in [6.45, 7) is 4.53. The minimum atomic E-state index is 0.453. The molecule has 0 aliphatic heterocycles. The van der Waals surface area contributed by atoms with Gasteiger partial charge in [-0.05, 0) is 25.0 Å². The largest absolute Gasteiger partial charge is 0.449 e. The molecule has 1 nitrogen and oxygen atoms in total. The fraction of sp³-hybridized carbons (Fsp3) is 0.600. The van der Waals surface area contributed by atoms with Crippen LogP contribution < -0.4 is 4.74 Å². The summed E-state index contributed by atoms with van der Waals surface area (Å²) in [4.78, 5) is 0. The van der Waals surface area contributed by atoms with Crippen LogP contribution in [0.15, 0.2) is 30.3 Å². The Hall–Kier alpha value is -0.630. The van der Waals surface area contributed by atoms with Crippen molar-refractivity contribution >= 4 is 10.9 Å². The lowest BCUT2D eigenvalue weighted by atomic mass is 10.3. The van der Waals surface area contributed by atoms with Crippen LogP contribution in [0.4, 0.5) is 0 Å². The number of para-hydroxylation sites is 1. The molecule has 0 aliphatic rings. The Morgan fingerprint density at radius 1 is 0.941 bits per heavy atom. The van der Waals surface area contributed by atoms with E-state index in [2.05, 4.69) is 13.8 Å². The first-order valence-corrected chi connectivity index (χ1v) is 8.42. The molecule has 0 amide bonds. The highest BCUT2D eigenvalue weighted by molar-refractivity contribution is 7.96. The van der Waals surface area contributed by atoms with Gasteiger partial charge in [-0.3, -0.25) is 0 Å². The Morgan fingerprint density at radius 3 is 2.06 bits per heavy atom. The predicted molar refractivity (Wildman–Crippen MR) is 78.9 cm³/mol. The Balaban J connectivity index is 2.31. The summed E-state index contributed by atoms with van der Waals surface area (Å²) in [5.74, 6) is 4.59. The lowest BCUT2D eigenvalue weighted by molar-refractivity contribution is 0.389. The fourth-order valence-electron chi connectivity index (χ4n) is 1.58. The van der Waals surface area contributed by atoms with Gasteiger partial charge in [0.25, 0.3) is 0 Å². The van der Waals surface area contributed by atoms with Gasteiger partial charge in [-0.2, -0.15) is 0 Å². The van der Waals surface area contributed by atoms with Gasteiger partial charge in [0.1, 0.15) is 17.3 Å². The smallest absolute Gasteiger partial charge is 0.247 e. The lowest BCUT2D eigenvalue weighted by Crippen LogP contribution is -2.20. The van der Waals surface area contributed by atoms with Crippen LogP contribution in [0.1, 0.15) is 39.5 Å². The zero-order valence-corrected chi connectivity index (χ0v) is 12.0. The molecule has 2 heteroatoms. The minimum absolute atomic E-state index is 0.453. The molecule has 0 unspecified atom stereocenters. The SMILES string of the molecule is CCCC[S+](CCCC)COc1ccccc1. The molecule has 1 rings (SSSR count). The molecule has 0 spiro atoms. The number of ether oxygens (including phenoxy) is 1. The summed E-state index contributed by atoms with van der Waals surface area (Å²) < 4.78 is 5.87. The Bertz CT molecular complexity index is 266. The van der Waals surface area contributed by atoms with E-state index in [1.54, 1.807) is 0 Å². The Kier molecular flexibility index (Phi) is 7.98. The number of rotatable bonds is 9. The first-order valence-electron chi connectivity index (χ1n) is 6.68. The van der Waals surface area contributed by atoms with Crippen LogP contribution >= 0.6 is 0 Å².